The van der Waals surface area contributed by atoms with Crippen LogP contribution in [0.5, 0.6) is 11.5 Å². The fourth-order valence-electron chi connectivity index (χ4n) is 10.0. The highest BCUT2D eigenvalue weighted by atomic mass is 19.4. The molecule has 1 aromatic heterocycles. The standard InChI is InChI=1S/C59H91F3N10O14/c1-4-45-40-71(58(80)47-13-12-46(85-5-2)38-49(47)59(60,61)62)28-29-72(45)52-15-14-50(48-10-7-8-11-53(48)86-6-3)66-51(52)39-64-18-17-63-16-9-30-81-32-34-83-36-37-84-35-33-82-31-19-65-54(73)41-67-20-22-68(42-55(74)75)24-26-70(44-57(78)79)27-25-69(23-21-67)43-56(76)77/h7-8,10-15,38,45,55,63-64,74-75H,4-6,9,16-37,39-44H2,1-3H3,(H,65,73)(H,76,77)(H,78,79)/t45-/m1/s1. The van der Waals surface area contributed by atoms with Crippen molar-refractivity contribution in [3.63, 3.8) is 0 Å². The van der Waals surface area contributed by atoms with Gasteiger partial charge in [-0.3, -0.25) is 38.8 Å². The summed E-state index contributed by atoms with van der Waals surface area (Å²) >= 11 is 0. The molecular formula is C59H91F3N10O14. The molecule has 0 bridgehead atoms. The van der Waals surface area contributed by atoms with E-state index in [0.29, 0.717) is 138 Å². The lowest BCUT2D eigenvalue weighted by atomic mass is 10.0. The van der Waals surface area contributed by atoms with Gasteiger partial charge < -0.3 is 74.6 Å². The minimum absolute atomic E-state index is 0.0358. The van der Waals surface area contributed by atoms with Crippen molar-refractivity contribution in [1.29, 1.82) is 0 Å². The zero-order chi connectivity index (χ0) is 62.1. The summed E-state index contributed by atoms with van der Waals surface area (Å²) in [6.45, 7) is 15.3. The third-order valence-electron chi connectivity index (χ3n) is 14.3. The number of aliphatic hydroxyl groups is 2. The van der Waals surface area contributed by atoms with Crippen molar-refractivity contribution in [3.05, 3.63) is 71.4 Å². The first kappa shape index (κ1) is 70.9. The number of piperazine rings is 1. The van der Waals surface area contributed by atoms with Crippen LogP contribution in [0.1, 0.15) is 55.2 Å². The molecule has 0 radical (unpaired) electrons. The van der Waals surface area contributed by atoms with E-state index in [1.54, 1.807) is 21.6 Å². The van der Waals surface area contributed by atoms with Crippen molar-refractivity contribution < 1.29 is 81.2 Å². The Hall–Kier alpha value is -5.82. The molecule has 0 spiro atoms. The van der Waals surface area contributed by atoms with Crippen LogP contribution in [0.25, 0.3) is 11.3 Å². The number of nitrogens with zero attached hydrogens (tertiary/aromatic N) is 7. The van der Waals surface area contributed by atoms with Crippen LogP contribution < -0.4 is 30.3 Å². The van der Waals surface area contributed by atoms with Gasteiger partial charge in [-0.05, 0) is 75.7 Å². The lowest BCUT2D eigenvalue weighted by Gasteiger charge is -2.43. The molecule has 0 unspecified atom stereocenters. The van der Waals surface area contributed by atoms with E-state index in [4.69, 9.17) is 33.4 Å². The molecule has 86 heavy (non-hydrogen) atoms. The molecule has 0 aliphatic carbocycles. The van der Waals surface area contributed by atoms with E-state index < -0.39 is 41.4 Å². The minimum Gasteiger partial charge on any atom is -0.494 e. The van der Waals surface area contributed by atoms with Gasteiger partial charge in [0.2, 0.25) is 5.91 Å². The fraction of sp³-hybridized carbons (Fsp3) is 0.644. The Labute approximate surface area is 502 Å². The maximum atomic E-state index is 14.2. The minimum atomic E-state index is -4.74. The summed E-state index contributed by atoms with van der Waals surface area (Å²) in [6, 6.07) is 15.1. The van der Waals surface area contributed by atoms with Crippen LogP contribution in [0.4, 0.5) is 18.9 Å². The van der Waals surface area contributed by atoms with Gasteiger partial charge in [0.1, 0.15) is 11.5 Å². The fourth-order valence-corrected chi connectivity index (χ4v) is 10.0. The number of alkyl halides is 3. The molecule has 2 aromatic carbocycles. The summed E-state index contributed by atoms with van der Waals surface area (Å²) in [6.07, 6.45) is -4.89. The van der Waals surface area contributed by atoms with Crippen LogP contribution in [0.2, 0.25) is 0 Å². The molecule has 2 aliphatic rings. The predicted octanol–water partition coefficient (Wildman–Crippen LogP) is 2.26. The van der Waals surface area contributed by atoms with Gasteiger partial charge in [-0.25, -0.2) is 4.98 Å². The first-order valence-corrected chi connectivity index (χ1v) is 29.8. The van der Waals surface area contributed by atoms with E-state index in [2.05, 4.69) is 20.9 Å². The normalized spacial score (nSPS) is 16.5. The number of carbonyl (C=O) groups excluding carboxylic acids is 2. The first-order valence-electron chi connectivity index (χ1n) is 29.8. The molecule has 27 heteroatoms. The van der Waals surface area contributed by atoms with Gasteiger partial charge >= 0.3 is 18.1 Å². The zero-order valence-corrected chi connectivity index (χ0v) is 50.1. The molecule has 3 heterocycles. The number of carboxylic acid groups (broad SMARTS) is 2. The van der Waals surface area contributed by atoms with Gasteiger partial charge in [0.15, 0.2) is 6.29 Å². The van der Waals surface area contributed by atoms with Crippen LogP contribution in [-0.2, 0) is 46.1 Å². The Kier molecular flexibility index (Phi) is 32.3. The molecule has 482 valence electrons. The van der Waals surface area contributed by atoms with Crippen LogP contribution in [0.15, 0.2) is 54.6 Å². The number of hydrogen-bond donors (Lipinski definition) is 7. The van der Waals surface area contributed by atoms with Gasteiger partial charge in [0, 0.05) is 123 Å². The van der Waals surface area contributed by atoms with Crippen LogP contribution >= 0.6 is 0 Å². The average molecular weight is 1220 g/mol. The molecule has 2 fully saturated rings. The van der Waals surface area contributed by atoms with E-state index in [-0.39, 0.29) is 76.7 Å². The highest BCUT2D eigenvalue weighted by Gasteiger charge is 2.39. The molecule has 1 atom stereocenters. The number of hydrogen-bond acceptors (Lipinski definition) is 20. The van der Waals surface area contributed by atoms with Crippen molar-refractivity contribution in [2.75, 3.05) is 195 Å². The van der Waals surface area contributed by atoms with Gasteiger partial charge in [0.05, 0.1) is 107 Å². The third kappa shape index (κ3) is 25.9. The van der Waals surface area contributed by atoms with E-state index in [9.17, 15) is 52.8 Å². The molecular weight excluding hydrogens is 1130 g/mol. The second-order valence-electron chi connectivity index (χ2n) is 20.7. The number of amides is 2. The van der Waals surface area contributed by atoms with Crippen molar-refractivity contribution in [3.8, 4) is 22.8 Å². The summed E-state index contributed by atoms with van der Waals surface area (Å²) in [5.41, 5.74) is 1.87. The van der Waals surface area contributed by atoms with E-state index in [1.165, 1.54) is 17.0 Å². The number of aromatic nitrogens is 1. The number of nitrogens with one attached hydrogen (secondary N) is 3. The van der Waals surface area contributed by atoms with Crippen LogP contribution in [0.3, 0.4) is 0 Å². The van der Waals surface area contributed by atoms with Crippen LogP contribution in [-0.4, -0.2) is 276 Å². The second kappa shape index (κ2) is 39.2. The number of pyridine rings is 1. The molecule has 0 saturated carbocycles. The number of anilines is 1. The summed E-state index contributed by atoms with van der Waals surface area (Å²) in [4.78, 5) is 65.7. The largest absolute Gasteiger partial charge is 0.494 e. The zero-order valence-electron chi connectivity index (χ0n) is 50.1. The Morgan fingerprint density at radius 3 is 1.83 bits per heavy atom. The van der Waals surface area contributed by atoms with Gasteiger partial charge in [-0.15, -0.1) is 0 Å². The number of halogens is 3. The Balaban J connectivity index is 0.940. The van der Waals surface area contributed by atoms with Crippen molar-refractivity contribution in [2.24, 2.45) is 0 Å². The van der Waals surface area contributed by atoms with Gasteiger partial charge in [-0.2, -0.15) is 13.2 Å². The molecule has 5 rings (SSSR count). The number of benzene rings is 2. The van der Waals surface area contributed by atoms with Crippen molar-refractivity contribution in [2.45, 2.75) is 58.7 Å². The maximum absolute atomic E-state index is 14.2. The molecule has 2 aliphatic heterocycles. The highest BCUT2D eigenvalue weighted by molar-refractivity contribution is 5.96. The highest BCUT2D eigenvalue weighted by Crippen LogP contribution is 2.37. The number of aliphatic carboxylic acids is 2. The van der Waals surface area contributed by atoms with Gasteiger partial charge in [0.25, 0.3) is 5.91 Å². The lowest BCUT2D eigenvalue weighted by Crippen LogP contribution is -2.55. The summed E-state index contributed by atoms with van der Waals surface area (Å²) in [5.74, 6) is -2.16. The van der Waals surface area contributed by atoms with E-state index in [1.807, 2.05) is 55.1 Å². The summed E-state index contributed by atoms with van der Waals surface area (Å²) < 4.78 is 76.6. The quantitative estimate of drug-likeness (QED) is 0.0322. The monoisotopic (exact) mass is 1220 g/mol. The SMILES string of the molecule is CCOc1ccc(C(=O)N2CCN(c3ccc(-c4ccccc4OCC)nc3CNCCNCCCOCCOCCOCCOCCNC(=O)CN3CCN(CC(=O)O)CCN(CC(=O)O)CCN(CC(O)O)CC3)[C@H](CC)C2)c(C(F)(F)F)c1. The second-order valence-corrected chi connectivity index (χ2v) is 20.7. The summed E-state index contributed by atoms with van der Waals surface area (Å²) in [5, 5.41) is 48.0. The maximum Gasteiger partial charge on any atom is 0.417 e. The Morgan fingerprint density at radius 1 is 0.651 bits per heavy atom. The van der Waals surface area contributed by atoms with Crippen LogP contribution in [0, 0.1) is 0 Å². The molecule has 7 N–H and O–H groups in total. The smallest absolute Gasteiger partial charge is 0.417 e. The number of aliphatic hydroxyl groups excluding tert-OH is 1. The predicted molar refractivity (Wildman–Crippen MR) is 316 cm³/mol. The number of ether oxygens (including phenoxy) is 6. The number of para-hydroxylation sites is 1. The number of rotatable bonds is 37. The Bertz CT molecular complexity index is 2490. The van der Waals surface area contributed by atoms with E-state index in [0.717, 1.165) is 47.4 Å². The number of carboxylic acids is 2. The Morgan fingerprint density at radius 2 is 1.23 bits per heavy atom. The van der Waals surface area contributed by atoms with E-state index >= 15 is 0 Å². The third-order valence-corrected chi connectivity index (χ3v) is 14.3. The van der Waals surface area contributed by atoms with Gasteiger partial charge in [-0.1, -0.05) is 19.1 Å². The topological polar surface area (TPSA) is 273 Å². The molecule has 3 aromatic rings. The number of carbonyl (C=O) groups is 4. The first-order chi connectivity index (χ1) is 41.5. The molecule has 2 saturated heterocycles. The lowest BCUT2D eigenvalue weighted by molar-refractivity contribution is -0.140. The molecule has 24 nitrogen and oxygen atoms in total. The van der Waals surface area contributed by atoms with Crippen molar-refractivity contribution >= 4 is 29.4 Å². The van der Waals surface area contributed by atoms with Crippen molar-refractivity contribution in [1.82, 2.24) is 45.4 Å². The number of β-amino-alcohol motifs (C(OH)–C–C–N with tert-alkyl or cyclic N) is 2. The molecule has 2 amide bonds. The average Bonchev–Trinajstić information content (AvgIpc) is 1.06. The summed E-state index contributed by atoms with van der Waals surface area (Å²) in [7, 11) is 0.